The number of aromatic nitrogens is 2. The first-order valence-corrected chi connectivity index (χ1v) is 9.02. The summed E-state index contributed by atoms with van der Waals surface area (Å²) in [6, 6.07) is 11.8. The number of hydrogen-bond donors (Lipinski definition) is 1. The Morgan fingerprint density at radius 2 is 2.08 bits per heavy atom. The van der Waals surface area contributed by atoms with E-state index in [2.05, 4.69) is 29.4 Å². The molecule has 25 heavy (non-hydrogen) atoms. The number of carbonyl (C=O) groups excluding carboxylic acids is 2. The van der Waals surface area contributed by atoms with Gasteiger partial charge in [0.15, 0.2) is 11.4 Å². The van der Waals surface area contributed by atoms with Gasteiger partial charge in [-0.25, -0.2) is 4.98 Å². The predicted octanol–water partition coefficient (Wildman–Crippen LogP) is 4.02. The van der Waals surface area contributed by atoms with Crippen LogP contribution in [0.15, 0.2) is 48.0 Å². The monoisotopic (exact) mass is 353 g/mol. The molecule has 2 heterocycles. The minimum absolute atomic E-state index is 0.118. The highest BCUT2D eigenvalue weighted by Gasteiger charge is 2.09. The number of amides is 1. The second kappa shape index (κ2) is 7.90. The molecule has 0 radical (unpaired) electrons. The molecular weight excluding hydrogens is 334 g/mol. The van der Waals surface area contributed by atoms with Gasteiger partial charge in [-0.05, 0) is 24.1 Å². The number of benzene rings is 1. The van der Waals surface area contributed by atoms with E-state index in [4.69, 9.17) is 0 Å². The Kier molecular flexibility index (Phi) is 5.40. The molecule has 0 unspecified atom stereocenters. The average molecular weight is 353 g/mol. The molecule has 0 atom stereocenters. The van der Waals surface area contributed by atoms with E-state index in [0.29, 0.717) is 17.4 Å². The molecule has 128 valence electrons. The first kappa shape index (κ1) is 17.1. The van der Waals surface area contributed by atoms with Gasteiger partial charge in [0.25, 0.3) is 0 Å². The summed E-state index contributed by atoms with van der Waals surface area (Å²) in [7, 11) is 0. The molecule has 0 fully saturated rings. The van der Waals surface area contributed by atoms with Crippen molar-refractivity contribution in [1.29, 1.82) is 0 Å². The quantitative estimate of drug-likeness (QED) is 0.653. The molecule has 0 saturated carbocycles. The SMILES string of the molecule is CCc1ccc(-c2csc(NC(=O)CCn3cccc3C=O)n2)cc1. The van der Waals surface area contributed by atoms with Crippen LogP contribution >= 0.6 is 11.3 Å². The number of aldehydes is 1. The summed E-state index contributed by atoms with van der Waals surface area (Å²) in [5.74, 6) is -0.118. The van der Waals surface area contributed by atoms with Gasteiger partial charge in [-0.2, -0.15) is 0 Å². The van der Waals surface area contributed by atoms with E-state index in [1.165, 1.54) is 16.9 Å². The van der Waals surface area contributed by atoms with E-state index in [-0.39, 0.29) is 12.3 Å². The van der Waals surface area contributed by atoms with Crippen LogP contribution in [0.4, 0.5) is 5.13 Å². The largest absolute Gasteiger partial charge is 0.345 e. The van der Waals surface area contributed by atoms with Crippen molar-refractivity contribution in [3.05, 3.63) is 59.2 Å². The lowest BCUT2D eigenvalue weighted by atomic mass is 10.1. The standard InChI is InChI=1S/C19H19N3O2S/c1-2-14-5-7-15(8-6-14)17-13-25-19(20-17)21-18(24)9-11-22-10-3-4-16(22)12-23/h3-8,10,12-13H,2,9,11H2,1H3,(H,20,21,24). The smallest absolute Gasteiger partial charge is 0.227 e. The van der Waals surface area contributed by atoms with Crippen LogP contribution in [0.25, 0.3) is 11.3 Å². The van der Waals surface area contributed by atoms with Crippen LogP contribution in [0.3, 0.4) is 0 Å². The first-order valence-electron chi connectivity index (χ1n) is 8.14. The Morgan fingerprint density at radius 1 is 1.28 bits per heavy atom. The van der Waals surface area contributed by atoms with Crippen LogP contribution in [-0.2, 0) is 17.8 Å². The highest BCUT2D eigenvalue weighted by molar-refractivity contribution is 7.14. The number of hydrogen-bond acceptors (Lipinski definition) is 4. The lowest BCUT2D eigenvalue weighted by Gasteiger charge is -2.05. The van der Waals surface area contributed by atoms with Gasteiger partial charge in [0.2, 0.25) is 5.91 Å². The van der Waals surface area contributed by atoms with Crippen molar-refractivity contribution in [3.8, 4) is 11.3 Å². The van der Waals surface area contributed by atoms with E-state index >= 15 is 0 Å². The normalized spacial score (nSPS) is 10.6. The first-order chi connectivity index (χ1) is 12.2. The van der Waals surface area contributed by atoms with Crippen molar-refractivity contribution in [2.24, 2.45) is 0 Å². The summed E-state index contributed by atoms with van der Waals surface area (Å²) >= 11 is 1.41. The highest BCUT2D eigenvalue weighted by atomic mass is 32.1. The fraction of sp³-hybridized carbons (Fsp3) is 0.211. The maximum absolute atomic E-state index is 12.1. The van der Waals surface area contributed by atoms with Crippen molar-refractivity contribution >= 4 is 28.7 Å². The third-order valence-electron chi connectivity index (χ3n) is 3.97. The molecule has 5 nitrogen and oxygen atoms in total. The van der Waals surface area contributed by atoms with Crippen molar-refractivity contribution in [2.45, 2.75) is 26.3 Å². The Morgan fingerprint density at radius 3 is 2.80 bits per heavy atom. The number of carbonyl (C=O) groups is 2. The van der Waals surface area contributed by atoms with Crippen LogP contribution in [-0.4, -0.2) is 21.7 Å². The van der Waals surface area contributed by atoms with Crippen LogP contribution in [0.2, 0.25) is 0 Å². The third kappa shape index (κ3) is 4.22. The molecule has 3 rings (SSSR count). The molecule has 0 spiro atoms. The summed E-state index contributed by atoms with van der Waals surface area (Å²) in [6.07, 6.45) is 3.87. The molecule has 0 aliphatic heterocycles. The fourth-order valence-corrected chi connectivity index (χ4v) is 3.25. The van der Waals surface area contributed by atoms with Crippen molar-refractivity contribution in [1.82, 2.24) is 9.55 Å². The number of anilines is 1. The molecule has 3 aromatic rings. The summed E-state index contributed by atoms with van der Waals surface area (Å²) in [5, 5.41) is 5.34. The molecule has 6 heteroatoms. The zero-order valence-electron chi connectivity index (χ0n) is 13.9. The average Bonchev–Trinajstić information content (AvgIpc) is 3.29. The maximum Gasteiger partial charge on any atom is 0.227 e. The maximum atomic E-state index is 12.1. The van der Waals surface area contributed by atoms with Crippen LogP contribution < -0.4 is 5.32 Å². The van der Waals surface area contributed by atoms with E-state index in [1.807, 2.05) is 17.5 Å². The van der Waals surface area contributed by atoms with Crippen LogP contribution in [0, 0.1) is 0 Å². The minimum atomic E-state index is -0.118. The Labute approximate surface area is 150 Å². The molecule has 0 bridgehead atoms. The second-order valence-electron chi connectivity index (χ2n) is 5.63. The van der Waals surface area contributed by atoms with Gasteiger partial charge in [0, 0.05) is 30.1 Å². The van der Waals surface area contributed by atoms with Gasteiger partial charge >= 0.3 is 0 Å². The number of nitrogens with one attached hydrogen (secondary N) is 1. The zero-order valence-corrected chi connectivity index (χ0v) is 14.8. The topological polar surface area (TPSA) is 64.0 Å². The van der Waals surface area contributed by atoms with Crippen LogP contribution in [0.5, 0.6) is 0 Å². The van der Waals surface area contributed by atoms with Crippen molar-refractivity contribution in [3.63, 3.8) is 0 Å². The van der Waals surface area contributed by atoms with Crippen molar-refractivity contribution < 1.29 is 9.59 Å². The number of aryl methyl sites for hydroxylation is 2. The van der Waals surface area contributed by atoms with Crippen LogP contribution in [0.1, 0.15) is 29.4 Å². The summed E-state index contributed by atoms with van der Waals surface area (Å²) in [4.78, 5) is 27.4. The number of nitrogens with zero attached hydrogens (tertiary/aromatic N) is 2. The van der Waals surface area contributed by atoms with Gasteiger partial charge in [-0.3, -0.25) is 9.59 Å². The summed E-state index contributed by atoms with van der Waals surface area (Å²) < 4.78 is 1.76. The molecule has 1 aromatic carbocycles. The lowest BCUT2D eigenvalue weighted by Crippen LogP contribution is -2.14. The van der Waals surface area contributed by atoms with E-state index in [9.17, 15) is 9.59 Å². The molecule has 1 N–H and O–H groups in total. The molecule has 2 aromatic heterocycles. The highest BCUT2D eigenvalue weighted by Crippen LogP contribution is 2.25. The van der Waals surface area contributed by atoms with Gasteiger partial charge in [-0.15, -0.1) is 11.3 Å². The van der Waals surface area contributed by atoms with E-state index in [0.717, 1.165) is 24.0 Å². The lowest BCUT2D eigenvalue weighted by molar-refractivity contribution is -0.116. The predicted molar refractivity (Wildman–Crippen MR) is 100.0 cm³/mol. The van der Waals surface area contributed by atoms with Gasteiger partial charge in [0.05, 0.1) is 11.4 Å². The summed E-state index contributed by atoms with van der Waals surface area (Å²) in [5.41, 5.74) is 3.75. The van der Waals surface area contributed by atoms with E-state index < -0.39 is 0 Å². The Balaban J connectivity index is 1.58. The zero-order chi connectivity index (χ0) is 17.6. The molecule has 0 aliphatic carbocycles. The van der Waals surface area contributed by atoms with Gasteiger partial charge in [0.1, 0.15) is 0 Å². The van der Waals surface area contributed by atoms with Gasteiger partial charge < -0.3 is 9.88 Å². The van der Waals surface area contributed by atoms with Gasteiger partial charge in [-0.1, -0.05) is 31.2 Å². The summed E-state index contributed by atoms with van der Waals surface area (Å²) in [6.45, 7) is 2.58. The Hall–Kier alpha value is -2.73. The second-order valence-corrected chi connectivity index (χ2v) is 6.49. The number of thiazole rings is 1. The number of rotatable bonds is 7. The molecule has 1 amide bonds. The van der Waals surface area contributed by atoms with E-state index in [1.54, 1.807) is 22.9 Å². The minimum Gasteiger partial charge on any atom is -0.345 e. The fourth-order valence-electron chi connectivity index (χ4n) is 2.52. The molecular formula is C19H19N3O2S. The molecule has 0 aliphatic rings. The van der Waals surface area contributed by atoms with Crippen molar-refractivity contribution in [2.75, 3.05) is 5.32 Å². The molecule has 0 saturated heterocycles. The third-order valence-corrected chi connectivity index (χ3v) is 4.73. The Bertz CT molecular complexity index is 865.